The zero-order valence-corrected chi connectivity index (χ0v) is 13.7. The van der Waals surface area contributed by atoms with Crippen molar-refractivity contribution < 1.29 is 32.7 Å². The number of carboxylic acids is 1. The van der Waals surface area contributed by atoms with E-state index in [1.807, 2.05) is 0 Å². The van der Waals surface area contributed by atoms with Crippen LogP contribution in [0.2, 0.25) is 0 Å². The average molecular weight is 373 g/mol. The molecule has 1 atom stereocenters. The van der Waals surface area contributed by atoms with Gasteiger partial charge in [-0.2, -0.15) is 13.2 Å². The van der Waals surface area contributed by atoms with E-state index in [0.717, 1.165) is 0 Å². The minimum atomic E-state index is -4.48. The number of rotatable bonds is 5. The van der Waals surface area contributed by atoms with Crippen LogP contribution < -0.4 is 10.6 Å². The molecule has 1 aromatic rings. The van der Waals surface area contributed by atoms with E-state index in [9.17, 15) is 27.6 Å². The molecule has 7 nitrogen and oxygen atoms in total. The van der Waals surface area contributed by atoms with Crippen LogP contribution in [0.25, 0.3) is 0 Å². The van der Waals surface area contributed by atoms with Crippen LogP contribution >= 0.6 is 0 Å². The quantitative estimate of drug-likeness (QED) is 0.732. The summed E-state index contributed by atoms with van der Waals surface area (Å²) in [5, 5.41) is 13.7. The molecular weight excluding hydrogens is 355 g/mol. The summed E-state index contributed by atoms with van der Waals surface area (Å²) < 4.78 is 37.4. The average Bonchev–Trinajstić information content (AvgIpc) is 2.56. The zero-order valence-electron chi connectivity index (χ0n) is 13.7. The van der Waals surface area contributed by atoms with Crippen molar-refractivity contribution in [1.82, 2.24) is 15.5 Å². The van der Waals surface area contributed by atoms with Gasteiger partial charge in [-0.3, -0.25) is 4.79 Å². The lowest BCUT2D eigenvalue weighted by atomic mass is 10.0. The number of likely N-dealkylation sites (tertiary alicyclic amines) is 1. The fourth-order valence-corrected chi connectivity index (χ4v) is 2.60. The minimum Gasteiger partial charge on any atom is -0.478 e. The van der Waals surface area contributed by atoms with Crippen molar-refractivity contribution in [3.63, 3.8) is 0 Å². The molecule has 3 N–H and O–H groups in total. The number of nitrogens with one attached hydrogen (secondary N) is 2. The summed E-state index contributed by atoms with van der Waals surface area (Å²) >= 11 is 0. The smallest absolute Gasteiger partial charge is 0.406 e. The maximum absolute atomic E-state index is 12.5. The largest absolute Gasteiger partial charge is 0.478 e. The van der Waals surface area contributed by atoms with Crippen molar-refractivity contribution in [2.45, 2.75) is 31.6 Å². The SMILES string of the molecule is O=C(NCc1ccc(C(=O)O)cc1)NC1CCCN(CC(F)(F)F)C1=O. The summed E-state index contributed by atoms with van der Waals surface area (Å²) in [5.41, 5.74) is 0.745. The number of nitrogens with zero attached hydrogens (tertiary/aromatic N) is 1. The molecule has 0 aliphatic carbocycles. The number of carbonyl (C=O) groups excluding carboxylic acids is 2. The van der Waals surface area contributed by atoms with Gasteiger partial charge >= 0.3 is 18.2 Å². The molecule has 1 heterocycles. The Morgan fingerprint density at radius 2 is 1.88 bits per heavy atom. The number of carbonyl (C=O) groups is 3. The van der Waals surface area contributed by atoms with Crippen LogP contribution in [0.1, 0.15) is 28.8 Å². The Hall–Kier alpha value is -2.78. The lowest BCUT2D eigenvalue weighted by Gasteiger charge is -2.33. The Labute approximate surface area is 147 Å². The number of carboxylic acid groups (broad SMARTS) is 1. The first-order valence-electron chi connectivity index (χ1n) is 7.88. The highest BCUT2D eigenvalue weighted by Crippen LogP contribution is 2.20. The number of hydrogen-bond acceptors (Lipinski definition) is 3. The van der Waals surface area contributed by atoms with Crippen LogP contribution in [0.15, 0.2) is 24.3 Å². The van der Waals surface area contributed by atoms with Crippen LogP contribution in [0.4, 0.5) is 18.0 Å². The fraction of sp³-hybridized carbons (Fsp3) is 0.438. The number of halogens is 3. The molecule has 10 heteroatoms. The highest BCUT2D eigenvalue weighted by atomic mass is 19.4. The Bertz CT molecular complexity index is 676. The molecule has 0 bridgehead atoms. The highest BCUT2D eigenvalue weighted by Gasteiger charge is 2.37. The van der Waals surface area contributed by atoms with Crippen molar-refractivity contribution in [3.05, 3.63) is 35.4 Å². The number of aromatic carboxylic acids is 1. The third-order valence-corrected chi connectivity index (χ3v) is 3.86. The zero-order chi connectivity index (χ0) is 19.3. The molecule has 0 saturated carbocycles. The third kappa shape index (κ3) is 5.64. The predicted molar refractivity (Wildman–Crippen MR) is 84.4 cm³/mol. The molecule has 3 amide bonds. The van der Waals surface area contributed by atoms with Crippen LogP contribution in [0.5, 0.6) is 0 Å². The summed E-state index contributed by atoms with van der Waals surface area (Å²) in [6, 6.07) is 4.15. The Kier molecular flexibility index (Phi) is 6.06. The number of alkyl halides is 3. The standard InChI is InChI=1S/C16H18F3N3O4/c17-16(18,19)9-22-7-1-2-12(13(22)23)21-15(26)20-8-10-3-5-11(6-4-10)14(24)25/h3-6,12H,1-2,7-9H2,(H,24,25)(H2,20,21,26). The number of urea groups is 1. The van der Waals surface area contributed by atoms with Crippen LogP contribution in [0, 0.1) is 0 Å². The maximum Gasteiger partial charge on any atom is 0.406 e. The molecular formula is C16H18F3N3O4. The van der Waals surface area contributed by atoms with Crippen molar-refractivity contribution in [2.24, 2.45) is 0 Å². The topological polar surface area (TPSA) is 98.7 Å². The van der Waals surface area contributed by atoms with Crippen LogP contribution in [-0.2, 0) is 11.3 Å². The lowest BCUT2D eigenvalue weighted by Crippen LogP contribution is -2.55. The van der Waals surface area contributed by atoms with Gasteiger partial charge in [0.1, 0.15) is 12.6 Å². The molecule has 1 unspecified atom stereocenters. The number of piperidine rings is 1. The van der Waals surface area contributed by atoms with Gasteiger partial charge in [0, 0.05) is 13.1 Å². The Morgan fingerprint density at radius 3 is 2.46 bits per heavy atom. The Morgan fingerprint density at radius 1 is 1.23 bits per heavy atom. The van der Waals surface area contributed by atoms with Gasteiger partial charge in [-0.05, 0) is 30.5 Å². The summed E-state index contributed by atoms with van der Waals surface area (Å²) in [6.45, 7) is -1.24. The van der Waals surface area contributed by atoms with Crippen LogP contribution in [-0.4, -0.2) is 53.2 Å². The van der Waals surface area contributed by atoms with Crippen molar-refractivity contribution in [1.29, 1.82) is 0 Å². The fourth-order valence-electron chi connectivity index (χ4n) is 2.60. The first-order chi connectivity index (χ1) is 12.2. The summed E-state index contributed by atoms with van der Waals surface area (Å²) in [6.07, 6.45) is -3.85. The summed E-state index contributed by atoms with van der Waals surface area (Å²) in [5.74, 6) is -1.82. The molecule has 1 aliphatic heterocycles. The normalized spacial score (nSPS) is 17.7. The van der Waals surface area contributed by atoms with E-state index < -0.39 is 36.7 Å². The molecule has 26 heavy (non-hydrogen) atoms. The summed E-state index contributed by atoms with van der Waals surface area (Å²) in [4.78, 5) is 35.4. The van der Waals surface area contributed by atoms with Crippen molar-refractivity contribution in [3.8, 4) is 0 Å². The first kappa shape index (κ1) is 19.5. The molecule has 0 aromatic heterocycles. The van der Waals surface area contributed by atoms with Gasteiger partial charge in [0.15, 0.2) is 0 Å². The molecule has 1 fully saturated rings. The van der Waals surface area contributed by atoms with Gasteiger partial charge in [-0.1, -0.05) is 12.1 Å². The monoisotopic (exact) mass is 373 g/mol. The molecule has 1 aliphatic rings. The van der Waals surface area contributed by atoms with E-state index in [1.54, 1.807) is 0 Å². The molecule has 0 radical (unpaired) electrons. The van der Waals surface area contributed by atoms with E-state index in [-0.39, 0.29) is 25.1 Å². The molecule has 1 saturated heterocycles. The molecule has 0 spiro atoms. The van der Waals surface area contributed by atoms with Gasteiger partial charge in [0.2, 0.25) is 5.91 Å². The van der Waals surface area contributed by atoms with E-state index >= 15 is 0 Å². The minimum absolute atomic E-state index is 0.00800. The Balaban J connectivity index is 1.84. The summed E-state index contributed by atoms with van der Waals surface area (Å²) in [7, 11) is 0. The van der Waals surface area contributed by atoms with Gasteiger partial charge in [0.05, 0.1) is 5.56 Å². The third-order valence-electron chi connectivity index (χ3n) is 3.86. The van der Waals surface area contributed by atoms with Gasteiger partial charge in [-0.25, -0.2) is 9.59 Å². The van der Waals surface area contributed by atoms with E-state index in [2.05, 4.69) is 10.6 Å². The number of amides is 3. The lowest BCUT2D eigenvalue weighted by molar-refractivity contribution is -0.164. The first-order valence-corrected chi connectivity index (χ1v) is 7.88. The number of benzene rings is 1. The second-order valence-electron chi connectivity index (χ2n) is 5.90. The predicted octanol–water partition coefficient (Wildman–Crippen LogP) is 1.74. The molecule has 2 rings (SSSR count). The second-order valence-corrected chi connectivity index (χ2v) is 5.90. The van der Waals surface area contributed by atoms with E-state index in [0.29, 0.717) is 16.9 Å². The van der Waals surface area contributed by atoms with Crippen molar-refractivity contribution >= 4 is 17.9 Å². The van der Waals surface area contributed by atoms with E-state index in [1.165, 1.54) is 24.3 Å². The van der Waals surface area contributed by atoms with Crippen LogP contribution in [0.3, 0.4) is 0 Å². The maximum atomic E-state index is 12.5. The number of hydrogen-bond donors (Lipinski definition) is 3. The van der Waals surface area contributed by atoms with E-state index in [4.69, 9.17) is 5.11 Å². The highest BCUT2D eigenvalue weighted by molar-refractivity contribution is 5.88. The second kappa shape index (κ2) is 8.07. The van der Waals surface area contributed by atoms with Gasteiger partial charge in [0.25, 0.3) is 0 Å². The van der Waals surface area contributed by atoms with Gasteiger partial charge in [-0.15, -0.1) is 0 Å². The molecule has 1 aromatic carbocycles. The van der Waals surface area contributed by atoms with Gasteiger partial charge < -0.3 is 20.6 Å². The molecule has 142 valence electrons. The van der Waals surface area contributed by atoms with Crippen molar-refractivity contribution in [2.75, 3.05) is 13.1 Å².